The van der Waals surface area contributed by atoms with Gasteiger partial charge in [0.1, 0.15) is 11.6 Å². The van der Waals surface area contributed by atoms with E-state index >= 15 is 0 Å². The van der Waals surface area contributed by atoms with E-state index in [0.29, 0.717) is 10.6 Å². The van der Waals surface area contributed by atoms with Crippen LogP contribution < -0.4 is 5.32 Å². The van der Waals surface area contributed by atoms with Crippen molar-refractivity contribution < 1.29 is 9.50 Å². The van der Waals surface area contributed by atoms with Gasteiger partial charge in [0.15, 0.2) is 0 Å². The lowest BCUT2D eigenvalue weighted by atomic mass is 9.90. The highest BCUT2D eigenvalue weighted by molar-refractivity contribution is 6.31. The lowest BCUT2D eigenvalue weighted by molar-refractivity contribution is 0.438. The second-order valence-electron chi connectivity index (χ2n) is 3.85. The molecule has 0 aromatic heterocycles. The quantitative estimate of drug-likeness (QED) is 0.776. The van der Waals surface area contributed by atoms with Crippen molar-refractivity contribution >= 4 is 11.6 Å². The highest BCUT2D eigenvalue weighted by atomic mass is 35.5. The smallest absolute Gasteiger partial charge is 0.131 e. The SMILES string of the molecule is Oc1cc(F)c(C2CCNCC2)c(Cl)c1. The molecule has 2 N–H and O–H groups in total. The summed E-state index contributed by atoms with van der Waals surface area (Å²) in [6, 6.07) is 2.53. The number of phenolic OH excluding ortho intramolecular Hbond substituents is 1. The van der Waals surface area contributed by atoms with Crippen molar-refractivity contribution in [2.24, 2.45) is 0 Å². The lowest BCUT2D eigenvalue weighted by Crippen LogP contribution is -2.27. The van der Waals surface area contributed by atoms with E-state index in [4.69, 9.17) is 11.6 Å². The number of benzene rings is 1. The van der Waals surface area contributed by atoms with E-state index in [9.17, 15) is 9.50 Å². The van der Waals surface area contributed by atoms with Crippen molar-refractivity contribution in [1.82, 2.24) is 5.32 Å². The number of rotatable bonds is 1. The summed E-state index contributed by atoms with van der Waals surface area (Å²) in [5, 5.41) is 12.7. The standard InChI is InChI=1S/C11H13ClFNO/c12-9-5-8(15)6-10(13)11(9)7-1-3-14-4-2-7/h5-7,14-15H,1-4H2. The van der Waals surface area contributed by atoms with Gasteiger partial charge < -0.3 is 10.4 Å². The first-order chi connectivity index (χ1) is 7.18. The molecule has 0 aliphatic carbocycles. The number of hydrogen-bond donors (Lipinski definition) is 2. The molecule has 0 bridgehead atoms. The molecule has 4 heteroatoms. The van der Waals surface area contributed by atoms with Crippen LogP contribution in [0.4, 0.5) is 4.39 Å². The number of nitrogens with one attached hydrogen (secondary N) is 1. The molecule has 0 saturated carbocycles. The number of phenols is 1. The second-order valence-corrected chi connectivity index (χ2v) is 4.25. The molecule has 1 aromatic carbocycles. The van der Waals surface area contributed by atoms with Crippen LogP contribution in [0.15, 0.2) is 12.1 Å². The third kappa shape index (κ3) is 2.24. The Morgan fingerprint density at radius 1 is 1.33 bits per heavy atom. The van der Waals surface area contributed by atoms with Gasteiger partial charge in [-0.2, -0.15) is 0 Å². The van der Waals surface area contributed by atoms with Crippen LogP contribution in [-0.2, 0) is 0 Å². The van der Waals surface area contributed by atoms with Crippen LogP contribution in [0.5, 0.6) is 5.75 Å². The van der Waals surface area contributed by atoms with Gasteiger partial charge in [-0.1, -0.05) is 11.6 Å². The summed E-state index contributed by atoms with van der Waals surface area (Å²) in [5.41, 5.74) is 0.552. The summed E-state index contributed by atoms with van der Waals surface area (Å²) >= 11 is 5.95. The number of piperidine rings is 1. The van der Waals surface area contributed by atoms with Gasteiger partial charge in [0.2, 0.25) is 0 Å². The minimum absolute atomic E-state index is 0.116. The molecule has 0 atom stereocenters. The molecule has 2 nitrogen and oxygen atoms in total. The third-order valence-corrected chi connectivity index (χ3v) is 3.12. The Morgan fingerprint density at radius 3 is 2.60 bits per heavy atom. The molecular weight excluding hydrogens is 217 g/mol. The fourth-order valence-electron chi connectivity index (χ4n) is 2.07. The Bertz CT molecular complexity index is 341. The van der Waals surface area contributed by atoms with Crippen molar-refractivity contribution in [3.63, 3.8) is 0 Å². The van der Waals surface area contributed by atoms with Gasteiger partial charge in [-0.25, -0.2) is 4.39 Å². The van der Waals surface area contributed by atoms with Crippen molar-refractivity contribution in [2.45, 2.75) is 18.8 Å². The van der Waals surface area contributed by atoms with Gasteiger partial charge in [-0.05, 0) is 37.9 Å². The number of halogens is 2. The van der Waals surface area contributed by atoms with E-state index in [1.807, 2.05) is 0 Å². The molecule has 0 spiro atoms. The summed E-state index contributed by atoms with van der Waals surface area (Å²) in [6.07, 6.45) is 1.78. The normalized spacial score (nSPS) is 18.0. The highest BCUT2D eigenvalue weighted by Crippen LogP contribution is 2.35. The molecular formula is C11H13ClFNO. The van der Waals surface area contributed by atoms with E-state index in [0.717, 1.165) is 32.0 Å². The monoisotopic (exact) mass is 229 g/mol. The summed E-state index contributed by atoms with van der Waals surface area (Å²) < 4.78 is 13.6. The van der Waals surface area contributed by atoms with Gasteiger partial charge in [-0.15, -0.1) is 0 Å². The predicted octanol–water partition coefficient (Wildman–Crippen LogP) is 2.65. The molecule has 2 rings (SSSR count). The Labute approximate surface area is 93.1 Å². The summed E-state index contributed by atoms with van der Waals surface area (Å²) in [6.45, 7) is 1.78. The minimum Gasteiger partial charge on any atom is -0.508 e. The first-order valence-electron chi connectivity index (χ1n) is 5.07. The van der Waals surface area contributed by atoms with E-state index in [-0.39, 0.29) is 11.7 Å². The zero-order chi connectivity index (χ0) is 10.8. The zero-order valence-corrected chi connectivity index (χ0v) is 9.02. The molecule has 82 valence electrons. The zero-order valence-electron chi connectivity index (χ0n) is 8.26. The average Bonchev–Trinajstić information content (AvgIpc) is 2.17. The molecule has 1 fully saturated rings. The summed E-state index contributed by atoms with van der Waals surface area (Å²) in [5.74, 6) is -0.346. The molecule has 1 aromatic rings. The van der Waals surface area contributed by atoms with Gasteiger partial charge in [0.25, 0.3) is 0 Å². The fourth-order valence-corrected chi connectivity index (χ4v) is 2.43. The summed E-state index contributed by atoms with van der Waals surface area (Å²) in [7, 11) is 0. The van der Waals surface area contributed by atoms with E-state index in [1.54, 1.807) is 0 Å². The van der Waals surface area contributed by atoms with Crippen LogP contribution in [0, 0.1) is 5.82 Å². The molecule has 15 heavy (non-hydrogen) atoms. The first kappa shape index (κ1) is 10.7. The maximum absolute atomic E-state index is 13.6. The Morgan fingerprint density at radius 2 is 2.00 bits per heavy atom. The molecule has 1 aliphatic heterocycles. The molecule has 1 aliphatic rings. The maximum Gasteiger partial charge on any atom is 0.131 e. The maximum atomic E-state index is 13.6. The lowest BCUT2D eigenvalue weighted by Gasteiger charge is -2.24. The van der Waals surface area contributed by atoms with Crippen LogP contribution in [0.1, 0.15) is 24.3 Å². The topological polar surface area (TPSA) is 32.3 Å². The van der Waals surface area contributed by atoms with Gasteiger partial charge in [0.05, 0.1) is 5.02 Å². The van der Waals surface area contributed by atoms with Crippen LogP contribution in [0.3, 0.4) is 0 Å². The first-order valence-corrected chi connectivity index (χ1v) is 5.45. The molecule has 0 unspecified atom stereocenters. The third-order valence-electron chi connectivity index (χ3n) is 2.81. The fraction of sp³-hybridized carbons (Fsp3) is 0.455. The van der Waals surface area contributed by atoms with Crippen molar-refractivity contribution in [1.29, 1.82) is 0 Å². The highest BCUT2D eigenvalue weighted by Gasteiger charge is 2.21. The van der Waals surface area contributed by atoms with Crippen molar-refractivity contribution in [3.8, 4) is 5.75 Å². The number of aromatic hydroxyl groups is 1. The van der Waals surface area contributed by atoms with Gasteiger partial charge in [0, 0.05) is 11.6 Å². The van der Waals surface area contributed by atoms with Gasteiger partial charge >= 0.3 is 0 Å². The van der Waals surface area contributed by atoms with E-state index < -0.39 is 5.82 Å². The van der Waals surface area contributed by atoms with Gasteiger partial charge in [-0.3, -0.25) is 0 Å². The average molecular weight is 230 g/mol. The predicted molar refractivity (Wildman–Crippen MR) is 57.9 cm³/mol. The Hall–Kier alpha value is -0.800. The van der Waals surface area contributed by atoms with E-state index in [2.05, 4.69) is 5.32 Å². The largest absolute Gasteiger partial charge is 0.508 e. The van der Waals surface area contributed by atoms with E-state index in [1.165, 1.54) is 6.07 Å². The molecule has 1 heterocycles. The van der Waals surface area contributed by atoms with Crippen molar-refractivity contribution in [3.05, 3.63) is 28.5 Å². The van der Waals surface area contributed by atoms with Crippen LogP contribution >= 0.6 is 11.6 Å². The van der Waals surface area contributed by atoms with Crippen LogP contribution in [-0.4, -0.2) is 18.2 Å². The molecule has 1 saturated heterocycles. The number of hydrogen-bond acceptors (Lipinski definition) is 2. The molecule has 0 amide bonds. The Balaban J connectivity index is 2.33. The minimum atomic E-state index is -0.396. The Kier molecular flexibility index (Phi) is 3.12. The second kappa shape index (κ2) is 4.37. The van der Waals surface area contributed by atoms with Crippen molar-refractivity contribution in [2.75, 3.05) is 13.1 Å². The molecule has 0 radical (unpaired) electrons. The summed E-state index contributed by atoms with van der Waals surface area (Å²) in [4.78, 5) is 0. The van der Waals surface area contributed by atoms with Crippen LogP contribution in [0.25, 0.3) is 0 Å². The van der Waals surface area contributed by atoms with Crippen LogP contribution in [0.2, 0.25) is 5.02 Å².